The van der Waals surface area contributed by atoms with Crippen molar-refractivity contribution in [3.05, 3.63) is 46.8 Å². The predicted molar refractivity (Wildman–Crippen MR) is 119 cm³/mol. The van der Waals surface area contributed by atoms with Crippen molar-refractivity contribution < 1.29 is 24.0 Å². The summed E-state index contributed by atoms with van der Waals surface area (Å²) in [6.45, 7) is 10.1. The molecular weight excluding hydrogens is 394 g/mol. The number of Topliss-reactive ketones (excluding diaryl/α,β-unsaturated/α-hetero) is 1. The van der Waals surface area contributed by atoms with Gasteiger partial charge in [-0.2, -0.15) is 0 Å². The molecule has 1 amide bonds. The molecule has 0 spiro atoms. The van der Waals surface area contributed by atoms with Gasteiger partial charge in [0.25, 0.3) is 0 Å². The molecule has 2 heterocycles. The fourth-order valence-corrected chi connectivity index (χ4v) is 4.34. The van der Waals surface area contributed by atoms with E-state index in [0.717, 1.165) is 73.2 Å². The number of aryl methyl sites for hydroxylation is 2. The third-order valence-electron chi connectivity index (χ3n) is 6.27. The number of carbonyl (C=O) groups excluding carboxylic acids is 2. The second kappa shape index (κ2) is 10.0. The number of methoxy groups -OCH3 is 2. The first-order valence-corrected chi connectivity index (χ1v) is 10.8. The summed E-state index contributed by atoms with van der Waals surface area (Å²) >= 11 is 0. The lowest BCUT2D eigenvalue weighted by Gasteiger charge is -2.31. The number of ether oxygens (including phenoxy) is 2. The van der Waals surface area contributed by atoms with Crippen LogP contribution in [0.5, 0.6) is 11.5 Å². The Hall–Kier alpha value is -2.80. The fraction of sp³-hybridized carbons (Fsp3) is 0.500. The highest BCUT2D eigenvalue weighted by Gasteiger charge is 2.25. The van der Waals surface area contributed by atoms with Crippen LogP contribution in [0.1, 0.15) is 34.2 Å². The van der Waals surface area contributed by atoms with Gasteiger partial charge in [0.05, 0.1) is 40.4 Å². The fourth-order valence-electron chi connectivity index (χ4n) is 4.34. The molecule has 31 heavy (non-hydrogen) atoms. The molecule has 168 valence electrons. The molecule has 1 aromatic heterocycles. The maximum atomic E-state index is 13.0. The number of nitrogens with one attached hydrogen (secondary N) is 1. The van der Waals surface area contributed by atoms with Gasteiger partial charge < -0.3 is 23.8 Å². The average molecular weight is 429 g/mol. The molecule has 0 unspecified atom stereocenters. The van der Waals surface area contributed by atoms with E-state index >= 15 is 0 Å². The zero-order valence-electron chi connectivity index (χ0n) is 19.3. The molecule has 0 saturated carbocycles. The van der Waals surface area contributed by atoms with Crippen molar-refractivity contribution in [3.63, 3.8) is 0 Å². The predicted octanol–water partition coefficient (Wildman–Crippen LogP) is 1.29. The quantitative estimate of drug-likeness (QED) is 0.644. The normalized spacial score (nSPS) is 14.5. The van der Waals surface area contributed by atoms with Crippen LogP contribution >= 0.6 is 0 Å². The average Bonchev–Trinajstić information content (AvgIpc) is 3.05. The monoisotopic (exact) mass is 428 g/mol. The Morgan fingerprint density at radius 1 is 1.03 bits per heavy atom. The van der Waals surface area contributed by atoms with Crippen LogP contribution in [0.25, 0.3) is 0 Å². The van der Waals surface area contributed by atoms with Crippen LogP contribution in [0.2, 0.25) is 0 Å². The zero-order valence-corrected chi connectivity index (χ0v) is 19.3. The molecule has 0 radical (unpaired) electrons. The smallest absolute Gasteiger partial charge is 0.219 e. The van der Waals surface area contributed by atoms with Crippen LogP contribution in [0.3, 0.4) is 0 Å². The molecule has 1 aliphatic rings. The summed E-state index contributed by atoms with van der Waals surface area (Å²) in [4.78, 5) is 27.6. The summed E-state index contributed by atoms with van der Waals surface area (Å²) in [6, 6.07) is 7.99. The standard InChI is InChI=1S/C24H33N3O4/c1-17-14-21(22(29)16-25-10-12-26(13-11-25)19(3)28)18(2)27(17)9-8-20-6-7-23(30-4)24(15-20)31-5/h6-7,14-15H,8-13,16H2,1-5H3/p+1. The lowest BCUT2D eigenvalue weighted by Crippen LogP contribution is -3.15. The maximum absolute atomic E-state index is 13.0. The van der Waals surface area contributed by atoms with Crippen LogP contribution in [0, 0.1) is 13.8 Å². The van der Waals surface area contributed by atoms with E-state index in [9.17, 15) is 9.59 Å². The molecule has 2 aromatic rings. The number of piperazine rings is 1. The molecule has 0 aliphatic carbocycles. The molecule has 1 N–H and O–H groups in total. The van der Waals surface area contributed by atoms with Crippen molar-refractivity contribution in [2.75, 3.05) is 46.9 Å². The van der Waals surface area contributed by atoms with Gasteiger partial charge in [0.1, 0.15) is 6.54 Å². The van der Waals surface area contributed by atoms with E-state index in [-0.39, 0.29) is 11.7 Å². The largest absolute Gasteiger partial charge is 0.493 e. The van der Waals surface area contributed by atoms with Gasteiger partial charge in [-0.1, -0.05) is 6.07 Å². The maximum Gasteiger partial charge on any atom is 0.219 e. The van der Waals surface area contributed by atoms with E-state index in [0.29, 0.717) is 6.54 Å². The first-order valence-electron chi connectivity index (χ1n) is 10.8. The van der Waals surface area contributed by atoms with Gasteiger partial charge in [-0.05, 0) is 44.0 Å². The highest BCUT2D eigenvalue weighted by Crippen LogP contribution is 2.28. The van der Waals surface area contributed by atoms with Crippen LogP contribution < -0.4 is 14.4 Å². The molecular formula is C24H34N3O4+. The third-order valence-corrected chi connectivity index (χ3v) is 6.27. The summed E-state index contributed by atoms with van der Waals surface area (Å²) in [5, 5.41) is 0. The Kier molecular flexibility index (Phi) is 7.38. The van der Waals surface area contributed by atoms with E-state index in [4.69, 9.17) is 9.47 Å². The molecule has 7 nitrogen and oxygen atoms in total. The molecule has 0 bridgehead atoms. The summed E-state index contributed by atoms with van der Waals surface area (Å²) in [5.41, 5.74) is 4.08. The molecule has 1 aromatic carbocycles. The number of amides is 1. The molecule has 3 rings (SSSR count). The lowest BCUT2D eigenvalue weighted by atomic mass is 10.1. The molecule has 7 heteroatoms. The number of hydrogen-bond acceptors (Lipinski definition) is 4. The zero-order chi connectivity index (χ0) is 22.5. The number of ketones is 1. The second-order valence-corrected chi connectivity index (χ2v) is 8.23. The van der Waals surface area contributed by atoms with Crippen LogP contribution in [-0.4, -0.2) is 68.1 Å². The summed E-state index contributed by atoms with van der Waals surface area (Å²) in [7, 11) is 3.27. The minimum Gasteiger partial charge on any atom is -0.493 e. The van der Waals surface area contributed by atoms with Crippen molar-refractivity contribution >= 4 is 11.7 Å². The molecule has 1 fully saturated rings. The summed E-state index contributed by atoms with van der Waals surface area (Å²) in [5.74, 6) is 1.74. The number of carbonyl (C=O) groups is 2. The Balaban J connectivity index is 1.64. The number of nitrogens with zero attached hydrogens (tertiary/aromatic N) is 2. The minimum absolute atomic E-state index is 0.114. The summed E-state index contributed by atoms with van der Waals surface area (Å²) < 4.78 is 12.9. The minimum atomic E-state index is 0.114. The van der Waals surface area contributed by atoms with Gasteiger partial charge in [-0.15, -0.1) is 0 Å². The molecule has 1 saturated heterocycles. The van der Waals surface area contributed by atoms with Crippen molar-refractivity contribution in [2.24, 2.45) is 0 Å². The van der Waals surface area contributed by atoms with Gasteiger partial charge >= 0.3 is 0 Å². The highest BCUT2D eigenvalue weighted by atomic mass is 16.5. The molecule has 1 aliphatic heterocycles. The van der Waals surface area contributed by atoms with Gasteiger partial charge in [-0.25, -0.2) is 0 Å². The van der Waals surface area contributed by atoms with Crippen molar-refractivity contribution in [1.29, 1.82) is 0 Å². The van der Waals surface area contributed by atoms with Crippen LogP contribution in [-0.2, 0) is 17.8 Å². The first-order chi connectivity index (χ1) is 14.8. The number of hydrogen-bond donors (Lipinski definition) is 1. The van der Waals surface area contributed by atoms with Crippen molar-refractivity contribution in [1.82, 2.24) is 9.47 Å². The highest BCUT2D eigenvalue weighted by molar-refractivity contribution is 5.98. The SMILES string of the molecule is COc1ccc(CCn2c(C)cc(C(=O)C[NH+]3CCN(C(C)=O)CC3)c2C)cc1OC. The van der Waals surface area contributed by atoms with Gasteiger partial charge in [-0.3, -0.25) is 9.59 Å². The van der Waals surface area contributed by atoms with Crippen LogP contribution in [0.15, 0.2) is 24.3 Å². The van der Waals surface area contributed by atoms with Crippen LogP contribution in [0.4, 0.5) is 0 Å². The van der Waals surface area contributed by atoms with Crippen molar-refractivity contribution in [3.8, 4) is 11.5 Å². The number of benzene rings is 1. The van der Waals surface area contributed by atoms with E-state index in [2.05, 4.69) is 11.5 Å². The number of quaternary nitrogens is 1. The topological polar surface area (TPSA) is 65.2 Å². The van der Waals surface area contributed by atoms with Gasteiger partial charge in [0.15, 0.2) is 11.5 Å². The summed E-state index contributed by atoms with van der Waals surface area (Å²) in [6.07, 6.45) is 0.836. The molecule has 0 atom stereocenters. The van der Waals surface area contributed by atoms with E-state index in [1.165, 1.54) is 4.90 Å². The van der Waals surface area contributed by atoms with E-state index in [1.807, 2.05) is 36.1 Å². The van der Waals surface area contributed by atoms with Crippen molar-refractivity contribution in [2.45, 2.75) is 33.7 Å². The van der Waals surface area contributed by atoms with Gasteiger partial charge in [0.2, 0.25) is 11.7 Å². The first kappa shape index (κ1) is 22.9. The lowest BCUT2D eigenvalue weighted by molar-refractivity contribution is -0.895. The van der Waals surface area contributed by atoms with Gasteiger partial charge in [0, 0.05) is 30.4 Å². The Bertz CT molecular complexity index is 943. The third kappa shape index (κ3) is 5.28. The Morgan fingerprint density at radius 3 is 2.32 bits per heavy atom. The van der Waals surface area contributed by atoms with E-state index in [1.54, 1.807) is 21.1 Å². The Morgan fingerprint density at radius 2 is 1.71 bits per heavy atom. The number of rotatable bonds is 8. The Labute approximate surface area is 184 Å². The number of aromatic nitrogens is 1. The second-order valence-electron chi connectivity index (χ2n) is 8.23. The van der Waals surface area contributed by atoms with E-state index < -0.39 is 0 Å².